The first-order valence-electron chi connectivity index (χ1n) is 12.5. The van der Waals surface area contributed by atoms with Crippen molar-refractivity contribution in [2.45, 2.75) is 59.7 Å². The summed E-state index contributed by atoms with van der Waals surface area (Å²) in [6, 6.07) is 16.6. The molecular weight excluding hydrogens is 450 g/mol. The van der Waals surface area contributed by atoms with E-state index >= 15 is 0 Å². The molecule has 190 valence electrons. The van der Waals surface area contributed by atoms with Gasteiger partial charge in [-0.25, -0.2) is 0 Å². The third kappa shape index (κ3) is 4.72. The fourth-order valence-corrected chi connectivity index (χ4v) is 5.63. The minimum atomic E-state index is -0.358. The number of methoxy groups -OCH3 is 2. The molecule has 3 aromatic carbocycles. The monoisotopic (exact) mass is 487 g/mol. The molecule has 1 aliphatic heterocycles. The van der Waals surface area contributed by atoms with Gasteiger partial charge in [0.1, 0.15) is 17.5 Å². The summed E-state index contributed by atoms with van der Waals surface area (Å²) in [4.78, 5) is 15.5. The second-order valence-electron chi connectivity index (χ2n) is 9.78. The van der Waals surface area contributed by atoms with E-state index in [9.17, 15) is 4.79 Å². The summed E-state index contributed by atoms with van der Waals surface area (Å²) in [6.45, 7) is 12.6. The second kappa shape index (κ2) is 10.4. The minimum Gasteiger partial charge on any atom is -0.496 e. The van der Waals surface area contributed by atoms with E-state index < -0.39 is 0 Å². The van der Waals surface area contributed by atoms with Gasteiger partial charge in [0.25, 0.3) is 0 Å². The van der Waals surface area contributed by atoms with E-state index in [1.165, 1.54) is 5.56 Å². The minimum absolute atomic E-state index is 0.0694. The first kappa shape index (κ1) is 25.8. The zero-order valence-electron chi connectivity index (χ0n) is 22.6. The van der Waals surface area contributed by atoms with Gasteiger partial charge < -0.3 is 14.2 Å². The Kier molecular flexibility index (Phi) is 7.41. The van der Waals surface area contributed by atoms with Gasteiger partial charge in [-0.15, -0.1) is 0 Å². The molecule has 0 spiro atoms. The third-order valence-corrected chi connectivity index (χ3v) is 7.10. The van der Waals surface area contributed by atoms with Crippen molar-refractivity contribution in [2.75, 3.05) is 20.8 Å². The predicted molar refractivity (Wildman–Crippen MR) is 143 cm³/mol. The Bertz CT molecular complexity index is 1160. The van der Waals surface area contributed by atoms with Crippen LogP contribution < -0.4 is 9.47 Å². The number of nitrogens with zero attached hydrogens (tertiary/aromatic N) is 1. The smallest absolute Gasteiger partial charge is 0.325 e. The molecule has 0 radical (unpaired) electrons. The Morgan fingerprint density at radius 2 is 1.25 bits per heavy atom. The number of hydrogen-bond donors (Lipinski definition) is 0. The Balaban J connectivity index is 1.90. The lowest BCUT2D eigenvalue weighted by molar-refractivity contribution is -0.143. The van der Waals surface area contributed by atoms with E-state index in [0.717, 1.165) is 50.4 Å². The molecule has 0 amide bonds. The van der Waals surface area contributed by atoms with Crippen LogP contribution in [-0.2, 0) is 9.53 Å². The maximum absolute atomic E-state index is 13.2. The molecule has 36 heavy (non-hydrogen) atoms. The molecule has 5 nitrogen and oxygen atoms in total. The van der Waals surface area contributed by atoms with Crippen LogP contribution in [0.1, 0.15) is 63.5 Å². The lowest BCUT2D eigenvalue weighted by atomic mass is 9.92. The molecular formula is C31H37NO4. The summed E-state index contributed by atoms with van der Waals surface area (Å²) in [5.41, 5.74) is 8.84. The molecule has 0 N–H and O–H groups in total. The molecule has 4 rings (SSSR count). The van der Waals surface area contributed by atoms with Crippen LogP contribution in [0, 0.1) is 34.6 Å². The van der Waals surface area contributed by atoms with Crippen LogP contribution in [0.15, 0.2) is 48.5 Å². The van der Waals surface area contributed by atoms with Crippen molar-refractivity contribution in [2.24, 2.45) is 0 Å². The SMILES string of the molecule is CCOC(=O)[C@H]1[C@@H](c2ccc(C)cc2)N1C(c1cc(C)c(OC)c(C)c1)c1cc(C)c(OC)c(C)c1. The highest BCUT2D eigenvalue weighted by Crippen LogP contribution is 2.53. The lowest BCUT2D eigenvalue weighted by Crippen LogP contribution is -2.21. The van der Waals surface area contributed by atoms with Gasteiger partial charge in [-0.1, -0.05) is 54.1 Å². The summed E-state index contributed by atoms with van der Waals surface area (Å²) >= 11 is 0. The van der Waals surface area contributed by atoms with Gasteiger partial charge in [0.05, 0.1) is 32.9 Å². The quantitative estimate of drug-likeness (QED) is 0.275. The largest absolute Gasteiger partial charge is 0.496 e. The molecule has 0 aliphatic carbocycles. The van der Waals surface area contributed by atoms with Crippen LogP contribution in [0.25, 0.3) is 0 Å². The highest BCUT2D eigenvalue weighted by Gasteiger charge is 2.58. The molecule has 1 fully saturated rings. The molecule has 0 saturated carbocycles. The number of rotatable bonds is 8. The zero-order chi connectivity index (χ0) is 26.1. The molecule has 0 bridgehead atoms. The highest BCUT2D eigenvalue weighted by atomic mass is 16.5. The molecule has 1 heterocycles. The van der Waals surface area contributed by atoms with Crippen LogP contribution in [0.4, 0.5) is 0 Å². The van der Waals surface area contributed by atoms with Gasteiger partial charge in [-0.2, -0.15) is 0 Å². The van der Waals surface area contributed by atoms with Crippen molar-refractivity contribution in [3.05, 3.63) is 93.0 Å². The number of carbonyl (C=O) groups is 1. The number of esters is 1. The fourth-order valence-electron chi connectivity index (χ4n) is 5.63. The Morgan fingerprint density at radius 1 is 0.806 bits per heavy atom. The fraction of sp³-hybridized carbons (Fsp3) is 0.387. The number of hydrogen-bond acceptors (Lipinski definition) is 5. The zero-order valence-corrected chi connectivity index (χ0v) is 22.6. The van der Waals surface area contributed by atoms with Gasteiger partial charge in [0.15, 0.2) is 0 Å². The van der Waals surface area contributed by atoms with Crippen LogP contribution in [0.3, 0.4) is 0 Å². The number of benzene rings is 3. The van der Waals surface area contributed by atoms with Crippen molar-refractivity contribution in [3.63, 3.8) is 0 Å². The lowest BCUT2D eigenvalue weighted by Gasteiger charge is -2.25. The van der Waals surface area contributed by atoms with Gasteiger partial charge in [-0.05, 0) is 80.5 Å². The van der Waals surface area contributed by atoms with Gasteiger partial charge >= 0.3 is 5.97 Å². The standard InChI is InChI=1S/C31H37NO4/c1-9-36-31(33)28-27(23-12-10-18(2)11-13-23)32(28)26(24-14-19(3)29(34-7)20(4)15-24)25-16-21(5)30(35-8)22(6)17-25/h10-17,26-28H,9H2,1-8H3/t27-,28-,32?/m1/s1. The van der Waals surface area contributed by atoms with E-state index in [2.05, 4.69) is 88.0 Å². The predicted octanol–water partition coefficient (Wildman–Crippen LogP) is 6.32. The average molecular weight is 488 g/mol. The Morgan fingerprint density at radius 3 is 1.64 bits per heavy atom. The molecule has 0 aromatic heterocycles. The van der Waals surface area contributed by atoms with Crippen LogP contribution in [-0.4, -0.2) is 37.7 Å². The first-order chi connectivity index (χ1) is 17.2. The van der Waals surface area contributed by atoms with Gasteiger partial charge in [0, 0.05) is 0 Å². The summed E-state index contributed by atoms with van der Waals surface area (Å²) in [6.07, 6.45) is 0. The van der Waals surface area contributed by atoms with Gasteiger partial charge in [0.2, 0.25) is 0 Å². The molecule has 3 atom stereocenters. The molecule has 1 saturated heterocycles. The first-order valence-corrected chi connectivity index (χ1v) is 12.5. The van der Waals surface area contributed by atoms with Crippen molar-refractivity contribution in [1.29, 1.82) is 0 Å². The maximum Gasteiger partial charge on any atom is 0.325 e. The van der Waals surface area contributed by atoms with Crippen molar-refractivity contribution >= 4 is 5.97 Å². The summed E-state index contributed by atoms with van der Waals surface area (Å²) < 4.78 is 16.8. The topological polar surface area (TPSA) is 47.8 Å². The van der Waals surface area contributed by atoms with Crippen molar-refractivity contribution < 1.29 is 19.0 Å². The number of aryl methyl sites for hydroxylation is 5. The van der Waals surface area contributed by atoms with Crippen molar-refractivity contribution in [1.82, 2.24) is 4.90 Å². The molecule has 1 unspecified atom stereocenters. The molecule has 1 aliphatic rings. The summed E-state index contributed by atoms with van der Waals surface area (Å²) in [5, 5.41) is 0. The Hall–Kier alpha value is -3.31. The molecule has 5 heteroatoms. The highest BCUT2D eigenvalue weighted by molar-refractivity contribution is 5.81. The van der Waals surface area contributed by atoms with E-state index in [1.54, 1.807) is 14.2 Å². The van der Waals surface area contributed by atoms with Crippen LogP contribution in [0.2, 0.25) is 0 Å². The van der Waals surface area contributed by atoms with E-state index in [1.807, 2.05) is 6.92 Å². The van der Waals surface area contributed by atoms with E-state index in [0.29, 0.717) is 6.61 Å². The normalized spacial score (nSPS) is 18.8. The molecule has 3 aromatic rings. The van der Waals surface area contributed by atoms with Crippen LogP contribution in [0.5, 0.6) is 11.5 Å². The Labute approximate surface area is 215 Å². The average Bonchev–Trinajstić information content (AvgIpc) is 3.54. The summed E-state index contributed by atoms with van der Waals surface area (Å²) in [7, 11) is 3.41. The summed E-state index contributed by atoms with van der Waals surface area (Å²) in [5.74, 6) is 1.60. The number of ether oxygens (including phenoxy) is 3. The van der Waals surface area contributed by atoms with E-state index in [4.69, 9.17) is 14.2 Å². The number of carbonyl (C=O) groups excluding carboxylic acids is 1. The van der Waals surface area contributed by atoms with E-state index in [-0.39, 0.29) is 24.1 Å². The van der Waals surface area contributed by atoms with Crippen LogP contribution >= 0.6 is 0 Å². The maximum atomic E-state index is 13.2. The third-order valence-electron chi connectivity index (χ3n) is 7.10. The second-order valence-corrected chi connectivity index (χ2v) is 9.78. The van der Waals surface area contributed by atoms with Crippen molar-refractivity contribution in [3.8, 4) is 11.5 Å². The van der Waals surface area contributed by atoms with Gasteiger partial charge in [-0.3, -0.25) is 9.69 Å².